The topological polar surface area (TPSA) is 16.4 Å². The van der Waals surface area contributed by atoms with Crippen molar-refractivity contribution in [3.8, 4) is 44.5 Å². The molecule has 0 unspecified atom stereocenters. The molecule has 272 valence electrons. The van der Waals surface area contributed by atoms with Gasteiger partial charge < -0.3 is 9.32 Å². The van der Waals surface area contributed by atoms with Crippen LogP contribution in [0.25, 0.3) is 88.0 Å². The molecular weight excluding hydrogens is 703 g/mol. The van der Waals surface area contributed by atoms with Crippen molar-refractivity contribution < 1.29 is 4.42 Å². The maximum atomic E-state index is 6.72. The number of rotatable bonds is 7. The molecular formula is C56H37NO. The highest BCUT2D eigenvalue weighted by Crippen LogP contribution is 2.49. The maximum Gasteiger partial charge on any atom is 0.143 e. The number of anilines is 3. The Balaban J connectivity index is 1.19. The largest absolute Gasteiger partial charge is 0.455 e. The number of hydrogen-bond acceptors (Lipinski definition) is 2. The second-order valence-corrected chi connectivity index (χ2v) is 14.8. The highest BCUT2D eigenvalue weighted by molar-refractivity contribution is 6.20. The normalized spacial score (nSPS) is 11.4. The first-order valence-corrected chi connectivity index (χ1v) is 19.8. The summed E-state index contributed by atoms with van der Waals surface area (Å²) in [5, 5.41) is 6.96. The van der Waals surface area contributed by atoms with Gasteiger partial charge in [-0.3, -0.25) is 0 Å². The third kappa shape index (κ3) is 5.74. The van der Waals surface area contributed by atoms with Crippen LogP contribution >= 0.6 is 0 Å². The van der Waals surface area contributed by atoms with Crippen molar-refractivity contribution in [2.75, 3.05) is 4.90 Å². The van der Waals surface area contributed by atoms with Crippen molar-refractivity contribution in [2.45, 2.75) is 0 Å². The van der Waals surface area contributed by atoms with Gasteiger partial charge in [-0.25, -0.2) is 0 Å². The van der Waals surface area contributed by atoms with E-state index < -0.39 is 0 Å². The third-order valence-corrected chi connectivity index (χ3v) is 11.5. The third-order valence-electron chi connectivity index (χ3n) is 11.5. The van der Waals surface area contributed by atoms with Gasteiger partial charge in [0, 0.05) is 33.0 Å². The molecule has 0 amide bonds. The average Bonchev–Trinajstić information content (AvgIpc) is 3.70. The van der Waals surface area contributed by atoms with Gasteiger partial charge in [0.15, 0.2) is 0 Å². The number of fused-ring (bicyclic) bond motifs is 6. The number of furan rings is 1. The Bertz CT molecular complexity index is 3270. The van der Waals surface area contributed by atoms with Crippen molar-refractivity contribution in [3.63, 3.8) is 0 Å². The summed E-state index contributed by atoms with van der Waals surface area (Å²) >= 11 is 0. The molecule has 0 aliphatic heterocycles. The molecule has 0 bridgehead atoms. The number of para-hydroxylation sites is 1. The fourth-order valence-electron chi connectivity index (χ4n) is 8.74. The zero-order chi connectivity index (χ0) is 38.4. The minimum atomic E-state index is 0.875. The zero-order valence-corrected chi connectivity index (χ0v) is 31.7. The summed E-state index contributed by atoms with van der Waals surface area (Å²) in [7, 11) is 0. The lowest BCUT2D eigenvalue weighted by Crippen LogP contribution is -2.13. The second kappa shape index (κ2) is 14.1. The van der Waals surface area contributed by atoms with Crippen LogP contribution in [0, 0.1) is 0 Å². The first-order chi connectivity index (χ1) is 28.8. The molecule has 1 heterocycles. The summed E-state index contributed by atoms with van der Waals surface area (Å²) in [6.45, 7) is 0. The summed E-state index contributed by atoms with van der Waals surface area (Å²) < 4.78 is 6.72. The quantitative estimate of drug-likeness (QED) is 0.162. The van der Waals surface area contributed by atoms with Crippen LogP contribution in [-0.2, 0) is 0 Å². The molecule has 11 aromatic rings. The van der Waals surface area contributed by atoms with Crippen LogP contribution in [-0.4, -0.2) is 0 Å². The van der Waals surface area contributed by atoms with Crippen LogP contribution in [0.3, 0.4) is 0 Å². The van der Waals surface area contributed by atoms with Crippen LogP contribution in [0.15, 0.2) is 229 Å². The first-order valence-electron chi connectivity index (χ1n) is 19.8. The zero-order valence-electron chi connectivity index (χ0n) is 31.7. The Morgan fingerprint density at radius 1 is 0.310 bits per heavy atom. The van der Waals surface area contributed by atoms with Crippen LogP contribution < -0.4 is 4.90 Å². The molecule has 0 N–H and O–H groups in total. The summed E-state index contributed by atoms with van der Waals surface area (Å²) in [6, 6.07) is 80.7. The fourth-order valence-corrected chi connectivity index (χ4v) is 8.74. The predicted molar refractivity (Wildman–Crippen MR) is 245 cm³/mol. The molecule has 0 atom stereocenters. The van der Waals surface area contributed by atoms with Crippen molar-refractivity contribution in [3.05, 3.63) is 224 Å². The molecule has 2 heteroatoms. The SMILES string of the molecule is c1ccc(-c2ccc(N(c3cc(-c4cccc5ccccc45)ccc3-c3ccccc3)c3ccccc3-c3cccc4oc5c6ccccc6ccc5c34)cc2)cc1. The lowest BCUT2D eigenvalue weighted by Gasteiger charge is -2.31. The molecule has 2 nitrogen and oxygen atoms in total. The van der Waals surface area contributed by atoms with E-state index >= 15 is 0 Å². The van der Waals surface area contributed by atoms with Gasteiger partial charge in [-0.05, 0) is 85.9 Å². The predicted octanol–water partition coefficient (Wildman–Crippen LogP) is 16.0. The Morgan fingerprint density at radius 3 is 1.71 bits per heavy atom. The van der Waals surface area contributed by atoms with Crippen molar-refractivity contribution in [1.82, 2.24) is 0 Å². The number of nitrogens with zero attached hydrogens (tertiary/aromatic N) is 1. The lowest BCUT2D eigenvalue weighted by atomic mass is 9.93. The van der Waals surface area contributed by atoms with E-state index in [9.17, 15) is 0 Å². The molecule has 58 heavy (non-hydrogen) atoms. The Labute approximate surface area is 337 Å². The molecule has 0 saturated carbocycles. The Hall–Kier alpha value is -7.68. The summed E-state index contributed by atoms with van der Waals surface area (Å²) in [5.41, 5.74) is 14.3. The van der Waals surface area contributed by atoms with Crippen molar-refractivity contribution in [1.29, 1.82) is 0 Å². The number of hydrogen-bond donors (Lipinski definition) is 0. The molecule has 0 spiro atoms. The number of benzene rings is 10. The highest BCUT2D eigenvalue weighted by Gasteiger charge is 2.24. The Kier molecular flexibility index (Phi) is 8.19. The van der Waals surface area contributed by atoms with E-state index in [0.717, 1.165) is 72.2 Å². The summed E-state index contributed by atoms with van der Waals surface area (Å²) in [6.07, 6.45) is 0. The molecule has 0 radical (unpaired) electrons. The van der Waals surface area contributed by atoms with Gasteiger partial charge in [0.2, 0.25) is 0 Å². The van der Waals surface area contributed by atoms with Gasteiger partial charge in [0.1, 0.15) is 11.2 Å². The molecule has 1 aromatic heterocycles. The van der Waals surface area contributed by atoms with Crippen LogP contribution in [0.4, 0.5) is 17.1 Å². The second-order valence-electron chi connectivity index (χ2n) is 14.8. The first kappa shape index (κ1) is 33.6. The highest BCUT2D eigenvalue weighted by atomic mass is 16.3. The summed E-state index contributed by atoms with van der Waals surface area (Å²) in [4.78, 5) is 2.46. The van der Waals surface area contributed by atoms with Gasteiger partial charge in [-0.1, -0.05) is 188 Å². The van der Waals surface area contributed by atoms with Crippen LogP contribution in [0.2, 0.25) is 0 Å². The van der Waals surface area contributed by atoms with Crippen molar-refractivity contribution >= 4 is 60.5 Å². The monoisotopic (exact) mass is 739 g/mol. The van der Waals surface area contributed by atoms with E-state index in [1.165, 1.54) is 32.8 Å². The minimum Gasteiger partial charge on any atom is -0.455 e. The van der Waals surface area contributed by atoms with E-state index in [1.54, 1.807) is 0 Å². The van der Waals surface area contributed by atoms with Gasteiger partial charge in [0.25, 0.3) is 0 Å². The summed E-state index contributed by atoms with van der Waals surface area (Å²) in [5.74, 6) is 0. The molecule has 10 aromatic carbocycles. The van der Waals surface area contributed by atoms with Gasteiger partial charge in [-0.2, -0.15) is 0 Å². The van der Waals surface area contributed by atoms with E-state index in [4.69, 9.17) is 4.42 Å². The Morgan fingerprint density at radius 2 is 0.897 bits per heavy atom. The fraction of sp³-hybridized carbons (Fsp3) is 0. The molecule has 0 saturated heterocycles. The van der Waals surface area contributed by atoms with Gasteiger partial charge in [-0.15, -0.1) is 0 Å². The van der Waals surface area contributed by atoms with Gasteiger partial charge in [0.05, 0.1) is 11.4 Å². The van der Waals surface area contributed by atoms with Gasteiger partial charge >= 0.3 is 0 Å². The minimum absolute atomic E-state index is 0.875. The standard InChI is InChI=1S/C56H37NO/c1-3-15-38(16-4-1)39-29-33-44(34-30-39)57(53-37-43(32-35-47(53)41-17-5-2-6-18-41)46-25-13-21-40-19-7-9-22-45(40)46)52-27-12-11-24-49(52)50-26-14-28-54-55(50)51-36-31-42-20-8-10-23-48(42)56(51)58-54/h1-37H. The molecule has 11 rings (SSSR count). The van der Waals surface area contributed by atoms with E-state index in [1.807, 2.05) is 0 Å². The van der Waals surface area contributed by atoms with E-state index in [2.05, 4.69) is 229 Å². The van der Waals surface area contributed by atoms with Crippen LogP contribution in [0.5, 0.6) is 0 Å². The molecule has 0 aliphatic rings. The molecule has 0 fully saturated rings. The smallest absolute Gasteiger partial charge is 0.143 e. The molecule has 0 aliphatic carbocycles. The van der Waals surface area contributed by atoms with Crippen molar-refractivity contribution in [2.24, 2.45) is 0 Å². The maximum absolute atomic E-state index is 6.72. The average molecular weight is 740 g/mol. The van der Waals surface area contributed by atoms with E-state index in [-0.39, 0.29) is 0 Å². The van der Waals surface area contributed by atoms with E-state index in [0.29, 0.717) is 0 Å². The van der Waals surface area contributed by atoms with Crippen LogP contribution in [0.1, 0.15) is 0 Å². The lowest BCUT2D eigenvalue weighted by molar-refractivity contribution is 0.673.